The lowest BCUT2D eigenvalue weighted by molar-refractivity contribution is 0.377. The van der Waals surface area contributed by atoms with E-state index in [1.54, 1.807) is 0 Å². The molecule has 1 saturated heterocycles. The van der Waals surface area contributed by atoms with Crippen molar-refractivity contribution in [1.82, 2.24) is 24.8 Å². The monoisotopic (exact) mass is 427 g/mol. The Labute approximate surface area is 188 Å². The third kappa shape index (κ3) is 4.43. The fourth-order valence-corrected chi connectivity index (χ4v) is 4.27. The van der Waals surface area contributed by atoms with Gasteiger partial charge in [0, 0.05) is 18.3 Å². The van der Waals surface area contributed by atoms with Crippen molar-refractivity contribution in [3.63, 3.8) is 0 Å². The molecule has 3 heterocycles. The number of rotatable bonds is 7. The fraction of sp³-hybridized carbons (Fsp3) is 0.320. The molecule has 0 unspecified atom stereocenters. The van der Waals surface area contributed by atoms with Crippen molar-refractivity contribution in [2.75, 3.05) is 30.3 Å². The average molecular weight is 428 g/mol. The lowest BCUT2D eigenvalue weighted by atomic mass is 10.1. The molecule has 0 radical (unpaired) electrons. The number of anilines is 3. The molecule has 1 aliphatic rings. The van der Waals surface area contributed by atoms with E-state index >= 15 is 0 Å². The molecule has 0 amide bonds. The van der Waals surface area contributed by atoms with Crippen molar-refractivity contribution in [1.29, 1.82) is 0 Å². The third-order valence-corrected chi connectivity index (χ3v) is 6.04. The molecule has 0 aliphatic carbocycles. The lowest BCUT2D eigenvalue weighted by Crippen LogP contribution is -2.30. The number of benzene rings is 2. The first kappa shape index (κ1) is 20.5. The van der Waals surface area contributed by atoms with Crippen LogP contribution in [0.15, 0.2) is 60.8 Å². The highest BCUT2D eigenvalue weighted by molar-refractivity contribution is 5.77. The summed E-state index contributed by atoms with van der Waals surface area (Å²) in [6.07, 6.45) is 4.85. The number of nitrogens with zero attached hydrogens (tertiary/aromatic N) is 4. The standard InChI is InChI=1S/C25H29N7/c1-18-7-5-6-10-21(18)29-25-30-22-17-28-24(27-16-11-19-8-3-2-4-9-19)31-23(22)32(25)20-12-14-26-15-13-20/h2-10,17,20,26H,11-16H2,1H3,(H,29,30)(H,27,28,31). The number of aryl methyl sites for hydroxylation is 1. The minimum absolute atomic E-state index is 0.347. The Hall–Kier alpha value is -3.45. The predicted molar refractivity (Wildman–Crippen MR) is 130 cm³/mol. The SMILES string of the molecule is Cc1ccccc1Nc1nc2cnc(NCCc3ccccc3)nc2n1C1CCNCC1. The maximum absolute atomic E-state index is 4.88. The van der Waals surface area contributed by atoms with Gasteiger partial charge in [-0.15, -0.1) is 0 Å². The second-order valence-electron chi connectivity index (χ2n) is 8.29. The van der Waals surface area contributed by atoms with Gasteiger partial charge in [0.05, 0.1) is 6.20 Å². The van der Waals surface area contributed by atoms with E-state index in [-0.39, 0.29) is 0 Å². The second-order valence-corrected chi connectivity index (χ2v) is 8.29. The summed E-state index contributed by atoms with van der Waals surface area (Å²) < 4.78 is 2.27. The maximum atomic E-state index is 4.88. The molecule has 7 heteroatoms. The highest BCUT2D eigenvalue weighted by Gasteiger charge is 2.23. The molecule has 3 N–H and O–H groups in total. The Morgan fingerprint density at radius 2 is 1.78 bits per heavy atom. The van der Waals surface area contributed by atoms with Gasteiger partial charge in [0.2, 0.25) is 11.9 Å². The first-order chi connectivity index (χ1) is 15.8. The number of hydrogen-bond donors (Lipinski definition) is 3. The second kappa shape index (κ2) is 9.36. The van der Waals surface area contributed by atoms with Crippen molar-refractivity contribution >= 4 is 28.7 Å². The van der Waals surface area contributed by atoms with Gasteiger partial charge < -0.3 is 16.0 Å². The lowest BCUT2D eigenvalue weighted by Gasteiger charge is -2.26. The van der Waals surface area contributed by atoms with Crippen molar-refractivity contribution in [3.05, 3.63) is 71.9 Å². The summed E-state index contributed by atoms with van der Waals surface area (Å²) in [5, 5.41) is 10.4. The molecule has 7 nitrogen and oxygen atoms in total. The molecule has 2 aromatic heterocycles. The molecular formula is C25H29N7. The zero-order valence-corrected chi connectivity index (χ0v) is 18.4. The van der Waals surface area contributed by atoms with Crippen LogP contribution in [0.1, 0.15) is 30.0 Å². The molecule has 0 bridgehead atoms. The topological polar surface area (TPSA) is 79.7 Å². The Morgan fingerprint density at radius 1 is 1.00 bits per heavy atom. The summed E-state index contributed by atoms with van der Waals surface area (Å²) in [6, 6.07) is 19.1. The van der Waals surface area contributed by atoms with Crippen LogP contribution >= 0.6 is 0 Å². The van der Waals surface area contributed by atoms with Crippen LogP contribution in [0, 0.1) is 6.92 Å². The number of imidazole rings is 1. The smallest absolute Gasteiger partial charge is 0.224 e. The van der Waals surface area contributed by atoms with Gasteiger partial charge in [0.1, 0.15) is 5.52 Å². The van der Waals surface area contributed by atoms with Gasteiger partial charge in [-0.2, -0.15) is 4.98 Å². The summed E-state index contributed by atoms with van der Waals surface area (Å²) in [5.74, 6) is 1.47. The molecule has 164 valence electrons. The maximum Gasteiger partial charge on any atom is 0.224 e. The fourth-order valence-electron chi connectivity index (χ4n) is 4.27. The van der Waals surface area contributed by atoms with Crippen LogP contribution in [-0.2, 0) is 6.42 Å². The van der Waals surface area contributed by atoms with Crippen LogP contribution < -0.4 is 16.0 Å². The van der Waals surface area contributed by atoms with E-state index < -0.39 is 0 Å². The molecule has 32 heavy (non-hydrogen) atoms. The Morgan fingerprint density at radius 3 is 2.59 bits per heavy atom. The summed E-state index contributed by atoms with van der Waals surface area (Å²) in [4.78, 5) is 14.3. The van der Waals surface area contributed by atoms with E-state index in [1.165, 1.54) is 11.1 Å². The van der Waals surface area contributed by atoms with Crippen LogP contribution in [0.2, 0.25) is 0 Å². The summed E-state index contributed by atoms with van der Waals surface area (Å²) in [6.45, 7) is 4.89. The number of nitrogens with one attached hydrogen (secondary N) is 3. The summed E-state index contributed by atoms with van der Waals surface area (Å²) in [5.41, 5.74) is 5.24. The molecule has 0 spiro atoms. The zero-order chi connectivity index (χ0) is 21.8. The van der Waals surface area contributed by atoms with E-state index in [0.29, 0.717) is 12.0 Å². The van der Waals surface area contributed by atoms with Crippen molar-refractivity contribution in [2.45, 2.75) is 32.2 Å². The van der Waals surface area contributed by atoms with E-state index in [9.17, 15) is 0 Å². The minimum atomic E-state index is 0.347. The molecule has 4 aromatic rings. The molecule has 0 saturated carbocycles. The van der Waals surface area contributed by atoms with E-state index in [2.05, 4.69) is 74.9 Å². The first-order valence-electron chi connectivity index (χ1n) is 11.3. The van der Waals surface area contributed by atoms with Crippen molar-refractivity contribution in [2.24, 2.45) is 0 Å². The van der Waals surface area contributed by atoms with Gasteiger partial charge in [0.25, 0.3) is 0 Å². The normalized spacial score (nSPS) is 14.5. The largest absolute Gasteiger partial charge is 0.354 e. The number of piperidine rings is 1. The summed E-state index contributed by atoms with van der Waals surface area (Å²) in [7, 11) is 0. The van der Waals surface area contributed by atoms with Crippen molar-refractivity contribution in [3.8, 4) is 0 Å². The molecule has 1 aliphatic heterocycles. The van der Waals surface area contributed by atoms with Gasteiger partial charge in [0.15, 0.2) is 5.65 Å². The molecule has 5 rings (SSSR count). The zero-order valence-electron chi connectivity index (χ0n) is 18.4. The molecule has 0 atom stereocenters. The third-order valence-electron chi connectivity index (χ3n) is 6.04. The summed E-state index contributed by atoms with van der Waals surface area (Å²) >= 11 is 0. The van der Waals surface area contributed by atoms with Gasteiger partial charge >= 0.3 is 0 Å². The van der Waals surface area contributed by atoms with Crippen LogP contribution in [0.4, 0.5) is 17.6 Å². The number of fused-ring (bicyclic) bond motifs is 1. The van der Waals surface area contributed by atoms with E-state index in [0.717, 1.165) is 61.7 Å². The average Bonchev–Trinajstić information content (AvgIpc) is 3.19. The Kier molecular flexibility index (Phi) is 5.98. The Balaban J connectivity index is 1.44. The van der Waals surface area contributed by atoms with Crippen LogP contribution in [0.25, 0.3) is 11.2 Å². The van der Waals surface area contributed by atoms with E-state index in [4.69, 9.17) is 9.97 Å². The van der Waals surface area contributed by atoms with E-state index in [1.807, 2.05) is 18.3 Å². The van der Waals surface area contributed by atoms with Crippen molar-refractivity contribution < 1.29 is 0 Å². The van der Waals surface area contributed by atoms with Gasteiger partial charge in [-0.1, -0.05) is 48.5 Å². The van der Waals surface area contributed by atoms with Gasteiger partial charge in [-0.05, 0) is 56.5 Å². The minimum Gasteiger partial charge on any atom is -0.354 e. The number of aromatic nitrogens is 4. The number of hydrogen-bond acceptors (Lipinski definition) is 6. The van der Waals surface area contributed by atoms with Crippen LogP contribution in [0.3, 0.4) is 0 Å². The number of para-hydroxylation sites is 1. The predicted octanol–water partition coefficient (Wildman–Crippen LogP) is 4.46. The van der Waals surface area contributed by atoms with Gasteiger partial charge in [-0.3, -0.25) is 4.57 Å². The molecule has 2 aromatic carbocycles. The van der Waals surface area contributed by atoms with Crippen LogP contribution in [-0.4, -0.2) is 39.2 Å². The first-order valence-corrected chi connectivity index (χ1v) is 11.3. The Bertz CT molecular complexity index is 1180. The quantitative estimate of drug-likeness (QED) is 0.404. The van der Waals surface area contributed by atoms with Gasteiger partial charge in [-0.25, -0.2) is 9.97 Å². The highest BCUT2D eigenvalue weighted by atomic mass is 15.3. The molecular weight excluding hydrogens is 398 g/mol. The van der Waals surface area contributed by atoms with Crippen LogP contribution in [0.5, 0.6) is 0 Å². The molecule has 1 fully saturated rings. The highest BCUT2D eigenvalue weighted by Crippen LogP contribution is 2.31.